The first kappa shape index (κ1) is 31.3. The summed E-state index contributed by atoms with van der Waals surface area (Å²) in [5.41, 5.74) is 16.0. The molecule has 12 N–H and O–H groups in total. The summed E-state index contributed by atoms with van der Waals surface area (Å²) in [4.78, 5) is 83.0. The molecule has 16 nitrogen and oxygen atoms in total. The van der Waals surface area contributed by atoms with Crippen LogP contribution in [0.25, 0.3) is 0 Å². The Morgan fingerprint density at radius 1 is 0.737 bits per heavy atom. The summed E-state index contributed by atoms with van der Waals surface area (Å²) in [5, 5.41) is 34.6. The van der Waals surface area contributed by atoms with Crippen molar-refractivity contribution in [3.8, 4) is 5.75 Å². The summed E-state index contributed by atoms with van der Waals surface area (Å²) in [7, 11) is 0. The number of carboxylic acid groups (broad SMARTS) is 2. The standard InChI is InChI=1S/C22H30N6O10/c23-12(8-17(25)31)19(34)27-15(9-18(32)33)21(36)28-14(7-10-1-3-11(29)4-2-10)20(35)26-13(22(37)38)5-6-16(24)30/h1-4,12-15,29H,5-9,23H2,(H2,24,30)(H2,25,31)(H,26,35)(H,27,34)(H,28,36)(H,32,33)(H,37,38). The van der Waals surface area contributed by atoms with Gasteiger partial charge in [0, 0.05) is 12.8 Å². The van der Waals surface area contributed by atoms with Gasteiger partial charge in [-0.1, -0.05) is 12.1 Å². The second-order valence-corrected chi connectivity index (χ2v) is 8.27. The van der Waals surface area contributed by atoms with Crippen LogP contribution in [0.15, 0.2) is 24.3 Å². The molecule has 0 aliphatic carbocycles. The van der Waals surface area contributed by atoms with Crippen molar-refractivity contribution in [3.05, 3.63) is 29.8 Å². The van der Waals surface area contributed by atoms with Crippen molar-refractivity contribution < 1.29 is 48.9 Å². The quantitative estimate of drug-likeness (QED) is 0.0990. The topological polar surface area (TPSA) is 294 Å². The van der Waals surface area contributed by atoms with Crippen LogP contribution in [0.1, 0.15) is 31.2 Å². The van der Waals surface area contributed by atoms with Gasteiger partial charge in [0.15, 0.2) is 0 Å². The maximum absolute atomic E-state index is 13.0. The number of aromatic hydroxyl groups is 1. The number of carboxylic acids is 2. The molecule has 1 aromatic rings. The van der Waals surface area contributed by atoms with Gasteiger partial charge in [-0.25, -0.2) is 4.79 Å². The average molecular weight is 539 g/mol. The fraction of sp³-hybridized carbons (Fsp3) is 0.409. The number of amides is 5. The van der Waals surface area contributed by atoms with E-state index >= 15 is 0 Å². The lowest BCUT2D eigenvalue weighted by molar-refractivity contribution is -0.143. The summed E-state index contributed by atoms with van der Waals surface area (Å²) in [6.45, 7) is 0. The molecular formula is C22H30N6O10. The molecule has 4 atom stereocenters. The van der Waals surface area contributed by atoms with Crippen LogP contribution in [-0.2, 0) is 40.0 Å². The van der Waals surface area contributed by atoms with E-state index in [1.165, 1.54) is 24.3 Å². The number of carbonyl (C=O) groups is 7. The van der Waals surface area contributed by atoms with Crippen LogP contribution in [0.2, 0.25) is 0 Å². The number of aliphatic carboxylic acids is 2. The van der Waals surface area contributed by atoms with Crippen LogP contribution in [0.4, 0.5) is 0 Å². The third kappa shape index (κ3) is 11.3. The van der Waals surface area contributed by atoms with Gasteiger partial charge in [0.05, 0.1) is 18.9 Å². The maximum Gasteiger partial charge on any atom is 0.326 e. The maximum atomic E-state index is 13.0. The molecule has 0 aliphatic rings. The number of phenolic OH excluding ortho intramolecular Hbond substituents is 1. The number of rotatable bonds is 16. The van der Waals surface area contributed by atoms with Crippen molar-refractivity contribution >= 4 is 41.5 Å². The molecule has 1 rings (SSSR count). The molecule has 38 heavy (non-hydrogen) atoms. The summed E-state index contributed by atoms with van der Waals surface area (Å²) >= 11 is 0. The lowest BCUT2D eigenvalue weighted by atomic mass is 10.0. The van der Waals surface area contributed by atoms with Gasteiger partial charge in [-0.2, -0.15) is 0 Å². The van der Waals surface area contributed by atoms with Gasteiger partial charge in [0.25, 0.3) is 0 Å². The number of hydrogen-bond donors (Lipinski definition) is 9. The van der Waals surface area contributed by atoms with E-state index in [1.807, 2.05) is 0 Å². The van der Waals surface area contributed by atoms with Crippen molar-refractivity contribution in [3.63, 3.8) is 0 Å². The highest BCUT2D eigenvalue weighted by atomic mass is 16.4. The van der Waals surface area contributed by atoms with Crippen LogP contribution < -0.4 is 33.2 Å². The molecule has 0 saturated heterocycles. The highest BCUT2D eigenvalue weighted by Crippen LogP contribution is 2.12. The SMILES string of the molecule is NC(=O)CCC(NC(=O)C(Cc1ccc(O)cc1)NC(=O)C(CC(=O)O)NC(=O)C(N)CC(N)=O)C(=O)O. The fourth-order valence-electron chi connectivity index (χ4n) is 3.14. The third-order valence-corrected chi connectivity index (χ3v) is 5.07. The average Bonchev–Trinajstić information content (AvgIpc) is 2.80. The first-order chi connectivity index (χ1) is 17.7. The van der Waals surface area contributed by atoms with E-state index in [-0.39, 0.29) is 25.0 Å². The Labute approximate surface area is 215 Å². The Hall–Kier alpha value is -4.73. The van der Waals surface area contributed by atoms with E-state index in [9.17, 15) is 48.9 Å². The number of carbonyl (C=O) groups excluding carboxylic acids is 5. The normalized spacial score (nSPS) is 13.7. The first-order valence-corrected chi connectivity index (χ1v) is 11.1. The van der Waals surface area contributed by atoms with E-state index in [4.69, 9.17) is 17.2 Å². The predicted molar refractivity (Wildman–Crippen MR) is 128 cm³/mol. The molecule has 0 fully saturated rings. The van der Waals surface area contributed by atoms with Gasteiger partial charge < -0.3 is 48.5 Å². The Bertz CT molecular complexity index is 1060. The molecule has 1 aromatic carbocycles. The van der Waals surface area contributed by atoms with E-state index in [0.29, 0.717) is 5.56 Å². The van der Waals surface area contributed by atoms with Crippen molar-refractivity contribution in [1.29, 1.82) is 0 Å². The lowest BCUT2D eigenvalue weighted by Gasteiger charge is -2.24. The van der Waals surface area contributed by atoms with Gasteiger partial charge in [-0.3, -0.25) is 28.8 Å². The van der Waals surface area contributed by atoms with Crippen LogP contribution in [0.3, 0.4) is 0 Å². The van der Waals surface area contributed by atoms with Gasteiger partial charge in [0.1, 0.15) is 23.9 Å². The molecule has 0 radical (unpaired) electrons. The third-order valence-electron chi connectivity index (χ3n) is 5.07. The van der Waals surface area contributed by atoms with Gasteiger partial charge in [0.2, 0.25) is 29.5 Å². The highest BCUT2D eigenvalue weighted by molar-refractivity contribution is 5.96. The minimum Gasteiger partial charge on any atom is -0.508 e. The fourth-order valence-corrected chi connectivity index (χ4v) is 3.14. The van der Waals surface area contributed by atoms with Gasteiger partial charge in [-0.15, -0.1) is 0 Å². The van der Waals surface area contributed by atoms with Crippen LogP contribution in [-0.4, -0.2) is 81.0 Å². The molecule has 0 saturated carbocycles. The summed E-state index contributed by atoms with van der Waals surface area (Å²) < 4.78 is 0. The monoisotopic (exact) mass is 538 g/mol. The predicted octanol–water partition coefficient (Wildman–Crippen LogP) is -3.58. The zero-order valence-corrected chi connectivity index (χ0v) is 20.1. The molecule has 0 spiro atoms. The summed E-state index contributed by atoms with van der Waals surface area (Å²) in [5.74, 6) is -7.97. The number of nitrogens with one attached hydrogen (secondary N) is 3. The zero-order valence-electron chi connectivity index (χ0n) is 20.1. The Balaban J connectivity index is 3.18. The van der Waals surface area contributed by atoms with Crippen LogP contribution in [0.5, 0.6) is 5.75 Å². The van der Waals surface area contributed by atoms with E-state index < -0.39 is 78.5 Å². The smallest absolute Gasteiger partial charge is 0.326 e. The van der Waals surface area contributed by atoms with Crippen LogP contribution >= 0.6 is 0 Å². The largest absolute Gasteiger partial charge is 0.508 e. The first-order valence-electron chi connectivity index (χ1n) is 11.1. The molecule has 0 bridgehead atoms. The van der Waals surface area contributed by atoms with Crippen LogP contribution in [0, 0.1) is 0 Å². The lowest BCUT2D eigenvalue weighted by Crippen LogP contribution is -2.58. The summed E-state index contributed by atoms with van der Waals surface area (Å²) in [6, 6.07) is -0.815. The van der Waals surface area contributed by atoms with E-state index in [1.54, 1.807) is 0 Å². The number of phenols is 1. The molecule has 5 amide bonds. The molecular weight excluding hydrogens is 508 g/mol. The molecule has 0 heterocycles. The molecule has 4 unspecified atom stereocenters. The van der Waals surface area contributed by atoms with Gasteiger partial charge in [-0.05, 0) is 24.1 Å². The number of benzene rings is 1. The van der Waals surface area contributed by atoms with E-state index in [0.717, 1.165) is 0 Å². The van der Waals surface area contributed by atoms with Crippen molar-refractivity contribution in [2.24, 2.45) is 17.2 Å². The zero-order chi connectivity index (χ0) is 29.0. The summed E-state index contributed by atoms with van der Waals surface area (Å²) in [6.07, 6.45) is -2.45. The Kier molecular flexibility index (Phi) is 12.1. The molecule has 0 aromatic heterocycles. The Morgan fingerprint density at radius 3 is 1.76 bits per heavy atom. The Morgan fingerprint density at radius 2 is 1.26 bits per heavy atom. The molecule has 16 heteroatoms. The van der Waals surface area contributed by atoms with Crippen molar-refractivity contribution in [2.45, 2.75) is 56.3 Å². The van der Waals surface area contributed by atoms with Crippen molar-refractivity contribution in [2.75, 3.05) is 0 Å². The van der Waals surface area contributed by atoms with Crippen molar-refractivity contribution in [1.82, 2.24) is 16.0 Å². The molecule has 208 valence electrons. The van der Waals surface area contributed by atoms with Gasteiger partial charge >= 0.3 is 11.9 Å². The number of primary amides is 2. The second kappa shape index (κ2) is 14.7. The number of nitrogens with two attached hydrogens (primary N) is 3. The highest BCUT2D eigenvalue weighted by Gasteiger charge is 2.32. The minimum atomic E-state index is -1.74. The number of hydrogen-bond acceptors (Lipinski definition) is 9. The minimum absolute atomic E-state index is 0.0901. The molecule has 0 aliphatic heterocycles. The second-order valence-electron chi connectivity index (χ2n) is 8.27. The van der Waals surface area contributed by atoms with E-state index in [2.05, 4.69) is 16.0 Å².